The minimum Gasteiger partial charge on any atom is -0.463 e. The van der Waals surface area contributed by atoms with Gasteiger partial charge in [0.05, 0.1) is 11.2 Å². The SMILES string of the molecule is CC(=O)c1ccc(S(=O)(=O)NCc2ccnc(-c3ccco3)c2)cc1. The summed E-state index contributed by atoms with van der Waals surface area (Å²) in [5, 5.41) is 0. The number of carbonyl (C=O) groups excluding carboxylic acids is 1. The van der Waals surface area contributed by atoms with E-state index in [-0.39, 0.29) is 17.2 Å². The van der Waals surface area contributed by atoms with Gasteiger partial charge in [-0.1, -0.05) is 12.1 Å². The Morgan fingerprint density at radius 2 is 1.92 bits per heavy atom. The van der Waals surface area contributed by atoms with Crippen molar-refractivity contribution in [3.05, 3.63) is 72.1 Å². The van der Waals surface area contributed by atoms with Gasteiger partial charge in [-0.15, -0.1) is 0 Å². The number of hydrogen-bond acceptors (Lipinski definition) is 5. The van der Waals surface area contributed by atoms with Gasteiger partial charge in [0.25, 0.3) is 0 Å². The summed E-state index contributed by atoms with van der Waals surface area (Å²) in [6.07, 6.45) is 3.15. The van der Waals surface area contributed by atoms with Gasteiger partial charge < -0.3 is 4.42 Å². The lowest BCUT2D eigenvalue weighted by Crippen LogP contribution is -2.23. The predicted octanol–water partition coefficient (Wildman–Crippen LogP) is 3.02. The molecule has 0 aliphatic carbocycles. The first kappa shape index (κ1) is 17.1. The number of nitrogens with one attached hydrogen (secondary N) is 1. The van der Waals surface area contributed by atoms with Crippen LogP contribution in [0.25, 0.3) is 11.5 Å². The molecule has 0 amide bonds. The number of ketones is 1. The zero-order valence-electron chi connectivity index (χ0n) is 13.5. The summed E-state index contributed by atoms with van der Waals surface area (Å²) >= 11 is 0. The molecule has 0 aliphatic rings. The molecule has 0 fully saturated rings. The van der Waals surface area contributed by atoms with Crippen LogP contribution in [0.2, 0.25) is 0 Å². The average molecular weight is 356 g/mol. The minimum atomic E-state index is -3.67. The Balaban J connectivity index is 1.74. The zero-order chi connectivity index (χ0) is 17.9. The highest BCUT2D eigenvalue weighted by atomic mass is 32.2. The number of benzene rings is 1. The van der Waals surface area contributed by atoms with Crippen molar-refractivity contribution in [1.82, 2.24) is 9.71 Å². The van der Waals surface area contributed by atoms with Gasteiger partial charge in [-0.05, 0) is 48.9 Å². The molecule has 128 valence electrons. The van der Waals surface area contributed by atoms with Crippen LogP contribution in [0.3, 0.4) is 0 Å². The Bertz CT molecular complexity index is 978. The van der Waals surface area contributed by atoms with Crippen molar-refractivity contribution in [1.29, 1.82) is 0 Å². The number of furan rings is 1. The average Bonchev–Trinajstić information content (AvgIpc) is 3.15. The van der Waals surface area contributed by atoms with Crippen molar-refractivity contribution < 1.29 is 17.6 Å². The molecule has 7 heteroatoms. The van der Waals surface area contributed by atoms with E-state index < -0.39 is 10.0 Å². The topological polar surface area (TPSA) is 89.3 Å². The second kappa shape index (κ2) is 7.00. The van der Waals surface area contributed by atoms with Gasteiger partial charge in [-0.3, -0.25) is 9.78 Å². The second-order valence-corrected chi connectivity index (χ2v) is 7.20. The summed E-state index contributed by atoms with van der Waals surface area (Å²) < 4.78 is 32.6. The number of hydrogen-bond donors (Lipinski definition) is 1. The van der Waals surface area contributed by atoms with E-state index in [1.807, 2.05) is 0 Å². The monoisotopic (exact) mass is 356 g/mol. The predicted molar refractivity (Wildman–Crippen MR) is 92.4 cm³/mol. The Hall–Kier alpha value is -2.77. The molecule has 0 unspecified atom stereocenters. The molecule has 1 aromatic carbocycles. The number of aromatic nitrogens is 1. The summed E-state index contributed by atoms with van der Waals surface area (Å²) in [5.74, 6) is 0.503. The minimum absolute atomic E-state index is 0.109. The molecule has 0 atom stereocenters. The van der Waals surface area contributed by atoms with Crippen molar-refractivity contribution in [2.24, 2.45) is 0 Å². The fraction of sp³-hybridized carbons (Fsp3) is 0.111. The van der Waals surface area contributed by atoms with Crippen LogP contribution in [0.4, 0.5) is 0 Å². The second-order valence-electron chi connectivity index (χ2n) is 5.43. The van der Waals surface area contributed by atoms with E-state index in [2.05, 4.69) is 9.71 Å². The lowest BCUT2D eigenvalue weighted by molar-refractivity contribution is 0.101. The van der Waals surface area contributed by atoms with Crippen molar-refractivity contribution in [3.8, 4) is 11.5 Å². The van der Waals surface area contributed by atoms with E-state index in [0.717, 1.165) is 5.56 Å². The maximum Gasteiger partial charge on any atom is 0.240 e. The third-order valence-corrected chi connectivity index (χ3v) is 5.05. The molecule has 1 N–H and O–H groups in total. The fourth-order valence-electron chi connectivity index (χ4n) is 2.27. The first-order valence-corrected chi connectivity index (χ1v) is 9.03. The molecule has 2 aromatic heterocycles. The molecule has 0 radical (unpaired) electrons. The zero-order valence-corrected chi connectivity index (χ0v) is 14.3. The molecule has 0 saturated carbocycles. The van der Waals surface area contributed by atoms with Crippen molar-refractivity contribution >= 4 is 15.8 Å². The van der Waals surface area contributed by atoms with Crippen LogP contribution in [-0.2, 0) is 16.6 Å². The maximum absolute atomic E-state index is 12.4. The standard InChI is InChI=1S/C18H16N2O4S/c1-13(21)15-4-6-16(7-5-15)25(22,23)20-12-14-8-9-19-17(11-14)18-3-2-10-24-18/h2-11,20H,12H2,1H3. The highest BCUT2D eigenvalue weighted by Crippen LogP contribution is 2.18. The lowest BCUT2D eigenvalue weighted by Gasteiger charge is -2.08. The van der Waals surface area contributed by atoms with Crippen LogP contribution in [0.5, 0.6) is 0 Å². The normalized spacial score (nSPS) is 11.4. The van der Waals surface area contributed by atoms with E-state index in [1.54, 1.807) is 36.7 Å². The molecule has 25 heavy (non-hydrogen) atoms. The Kier molecular flexibility index (Phi) is 4.78. The van der Waals surface area contributed by atoms with Crippen LogP contribution in [0.1, 0.15) is 22.8 Å². The van der Waals surface area contributed by atoms with E-state index in [1.165, 1.54) is 31.2 Å². The quantitative estimate of drug-likeness (QED) is 0.686. The van der Waals surface area contributed by atoms with Crippen LogP contribution in [0, 0.1) is 0 Å². The first-order chi connectivity index (χ1) is 12.0. The third-order valence-electron chi connectivity index (χ3n) is 3.64. The molecular formula is C18H16N2O4S. The van der Waals surface area contributed by atoms with Crippen molar-refractivity contribution in [3.63, 3.8) is 0 Å². The van der Waals surface area contributed by atoms with Gasteiger partial charge in [-0.2, -0.15) is 0 Å². The summed E-state index contributed by atoms with van der Waals surface area (Å²) in [5.41, 5.74) is 1.86. The Morgan fingerprint density at radius 1 is 1.16 bits per heavy atom. The highest BCUT2D eigenvalue weighted by Gasteiger charge is 2.14. The number of rotatable bonds is 6. The van der Waals surface area contributed by atoms with Crippen molar-refractivity contribution in [2.75, 3.05) is 0 Å². The Morgan fingerprint density at radius 3 is 2.56 bits per heavy atom. The van der Waals surface area contributed by atoms with Crippen molar-refractivity contribution in [2.45, 2.75) is 18.4 Å². The van der Waals surface area contributed by atoms with E-state index in [0.29, 0.717) is 17.0 Å². The van der Waals surface area contributed by atoms with Crippen LogP contribution in [-0.4, -0.2) is 19.2 Å². The van der Waals surface area contributed by atoms with Gasteiger partial charge in [0.15, 0.2) is 11.5 Å². The van der Waals surface area contributed by atoms with Crippen LogP contribution >= 0.6 is 0 Å². The van der Waals surface area contributed by atoms with E-state index in [4.69, 9.17) is 4.42 Å². The number of pyridine rings is 1. The Labute approximate surface area is 145 Å². The molecule has 6 nitrogen and oxygen atoms in total. The summed E-state index contributed by atoms with van der Waals surface area (Å²) in [7, 11) is -3.67. The highest BCUT2D eigenvalue weighted by molar-refractivity contribution is 7.89. The molecule has 0 bridgehead atoms. The molecule has 2 heterocycles. The maximum atomic E-state index is 12.4. The van der Waals surface area contributed by atoms with E-state index in [9.17, 15) is 13.2 Å². The largest absolute Gasteiger partial charge is 0.463 e. The molecule has 0 spiro atoms. The third kappa shape index (κ3) is 4.01. The van der Waals surface area contributed by atoms with Gasteiger partial charge in [-0.25, -0.2) is 13.1 Å². The molecule has 0 saturated heterocycles. The summed E-state index contributed by atoms with van der Waals surface area (Å²) in [6.45, 7) is 1.55. The number of Topliss-reactive ketones (excluding diaryl/α,β-unsaturated/α-hetero) is 1. The van der Waals surface area contributed by atoms with Crippen LogP contribution in [0.15, 0.2) is 70.3 Å². The molecule has 3 rings (SSSR count). The summed E-state index contributed by atoms with van der Waals surface area (Å²) in [6, 6.07) is 12.9. The van der Waals surface area contributed by atoms with E-state index >= 15 is 0 Å². The summed E-state index contributed by atoms with van der Waals surface area (Å²) in [4.78, 5) is 15.6. The van der Waals surface area contributed by atoms with Gasteiger partial charge >= 0.3 is 0 Å². The molecule has 0 aliphatic heterocycles. The fourth-order valence-corrected chi connectivity index (χ4v) is 3.29. The number of sulfonamides is 1. The lowest BCUT2D eigenvalue weighted by atomic mass is 10.2. The molecular weight excluding hydrogens is 340 g/mol. The smallest absolute Gasteiger partial charge is 0.240 e. The first-order valence-electron chi connectivity index (χ1n) is 7.55. The van der Waals surface area contributed by atoms with Gasteiger partial charge in [0.2, 0.25) is 10.0 Å². The van der Waals surface area contributed by atoms with Gasteiger partial charge in [0.1, 0.15) is 5.69 Å². The molecule has 3 aromatic rings. The van der Waals surface area contributed by atoms with Crippen LogP contribution < -0.4 is 4.72 Å². The number of carbonyl (C=O) groups is 1. The number of nitrogens with zero attached hydrogens (tertiary/aromatic N) is 1. The van der Waals surface area contributed by atoms with Gasteiger partial charge in [0, 0.05) is 18.3 Å².